The Bertz CT molecular complexity index is 1310. The fraction of sp³-hybridized carbons (Fsp3) is 0.412. The minimum atomic E-state index is -0.897. The molecule has 2 aliphatic rings. The first-order chi connectivity index (χ1) is 19.5. The molecule has 0 saturated heterocycles. The first-order valence-corrected chi connectivity index (χ1v) is 14.6. The zero-order valence-corrected chi connectivity index (χ0v) is 23.1. The number of carboxylic acid groups (broad SMARTS) is 2. The summed E-state index contributed by atoms with van der Waals surface area (Å²) in [5.41, 5.74) is 6.40. The van der Waals surface area contributed by atoms with Crippen molar-refractivity contribution in [2.45, 2.75) is 76.4 Å². The molecule has 3 aromatic rings. The molecule has 0 radical (unpaired) electrons. The highest BCUT2D eigenvalue weighted by Gasteiger charge is 2.27. The minimum Gasteiger partial charge on any atom is -0.489 e. The summed E-state index contributed by atoms with van der Waals surface area (Å²) in [6, 6.07) is 22.7. The smallest absolute Gasteiger partial charge is 0.335 e. The molecular formula is C34H39NO5. The largest absolute Gasteiger partial charge is 0.489 e. The van der Waals surface area contributed by atoms with Crippen LogP contribution in [0.3, 0.4) is 0 Å². The topological polar surface area (TPSA) is 87.1 Å². The molecule has 1 atom stereocenters. The fourth-order valence-electron chi connectivity index (χ4n) is 5.89. The summed E-state index contributed by atoms with van der Waals surface area (Å²) in [6.07, 6.45) is 7.94. The number of nitrogens with zero attached hydrogens (tertiary/aromatic N) is 1. The molecule has 2 N–H and O–H groups in total. The molecule has 3 aromatic carbocycles. The molecule has 210 valence electrons. The van der Waals surface area contributed by atoms with Crippen LogP contribution < -0.4 is 4.74 Å². The number of carbonyl (C=O) groups is 2. The van der Waals surface area contributed by atoms with Gasteiger partial charge in [0.15, 0.2) is 0 Å². The zero-order valence-electron chi connectivity index (χ0n) is 23.1. The molecule has 0 heterocycles. The Morgan fingerprint density at radius 2 is 1.70 bits per heavy atom. The first-order valence-electron chi connectivity index (χ1n) is 14.6. The van der Waals surface area contributed by atoms with Gasteiger partial charge in [-0.1, -0.05) is 48.5 Å². The summed E-state index contributed by atoms with van der Waals surface area (Å²) in [6.45, 7) is 2.14. The number of rotatable bonds is 14. The van der Waals surface area contributed by atoms with E-state index >= 15 is 0 Å². The predicted octanol–water partition coefficient (Wildman–Crippen LogP) is 7.02. The second-order valence-corrected chi connectivity index (χ2v) is 11.2. The third-order valence-corrected chi connectivity index (χ3v) is 8.26. The van der Waals surface area contributed by atoms with Crippen LogP contribution in [-0.2, 0) is 24.2 Å². The standard InChI is InChI=1S/C34H39NO5/c36-33(37)10-3-4-20-35(31-8-5-7-28-22-29(34(38)39)17-18-30(28)31)21-19-27-6-1-2-9-32(27)40-23-24-11-13-25(14-12-24)26-15-16-26/h1-2,6,9,11-14,17-18,22,26,31H,3-5,7-8,10,15-16,19-21,23H2,(H,36,37)(H,38,39). The van der Waals surface area contributed by atoms with Crippen molar-refractivity contribution in [2.24, 2.45) is 0 Å². The third kappa shape index (κ3) is 7.30. The number of unbranched alkanes of at least 4 members (excludes halogenated alkanes) is 1. The molecule has 1 unspecified atom stereocenters. The SMILES string of the molecule is O=C(O)CCCCN(CCc1ccccc1OCc1ccc(C2CC2)cc1)C1CCCc2cc(C(=O)O)ccc21. The van der Waals surface area contributed by atoms with Crippen molar-refractivity contribution in [3.05, 3.63) is 100 Å². The number of hydrogen-bond donors (Lipinski definition) is 2. The number of hydrogen-bond acceptors (Lipinski definition) is 4. The number of benzene rings is 3. The molecule has 2 aliphatic carbocycles. The van der Waals surface area contributed by atoms with Crippen LogP contribution in [-0.4, -0.2) is 40.1 Å². The van der Waals surface area contributed by atoms with Gasteiger partial charge in [-0.15, -0.1) is 0 Å². The van der Waals surface area contributed by atoms with Crippen LogP contribution >= 0.6 is 0 Å². The maximum absolute atomic E-state index is 11.5. The van der Waals surface area contributed by atoms with E-state index in [1.54, 1.807) is 6.07 Å². The monoisotopic (exact) mass is 541 g/mol. The van der Waals surface area contributed by atoms with Crippen LogP contribution in [0, 0.1) is 0 Å². The molecule has 0 aliphatic heterocycles. The average Bonchev–Trinajstić information content (AvgIpc) is 3.81. The summed E-state index contributed by atoms with van der Waals surface area (Å²) >= 11 is 0. The summed E-state index contributed by atoms with van der Waals surface area (Å²) < 4.78 is 6.29. The van der Waals surface area contributed by atoms with Gasteiger partial charge in [-0.2, -0.15) is 0 Å². The number of aliphatic carboxylic acids is 1. The number of carboxylic acids is 2. The lowest BCUT2D eigenvalue weighted by Crippen LogP contribution is -2.34. The lowest BCUT2D eigenvalue weighted by Gasteiger charge is -2.36. The van der Waals surface area contributed by atoms with Gasteiger partial charge in [0.25, 0.3) is 0 Å². The van der Waals surface area contributed by atoms with Crippen molar-refractivity contribution in [1.82, 2.24) is 4.90 Å². The normalized spacial score (nSPS) is 16.5. The molecule has 0 spiro atoms. The number of aromatic carboxylic acids is 1. The Kier molecular flexibility index (Phi) is 9.17. The van der Waals surface area contributed by atoms with Crippen LogP contribution in [0.25, 0.3) is 0 Å². The first kappa shape index (κ1) is 27.9. The molecule has 0 aromatic heterocycles. The molecule has 1 fully saturated rings. The molecule has 5 rings (SSSR count). The van der Waals surface area contributed by atoms with Gasteiger partial charge in [0.2, 0.25) is 0 Å². The predicted molar refractivity (Wildman–Crippen MR) is 155 cm³/mol. The van der Waals surface area contributed by atoms with Crippen molar-refractivity contribution in [3.8, 4) is 5.75 Å². The Morgan fingerprint density at radius 3 is 2.45 bits per heavy atom. The lowest BCUT2D eigenvalue weighted by atomic mass is 9.85. The Morgan fingerprint density at radius 1 is 0.900 bits per heavy atom. The van der Waals surface area contributed by atoms with Crippen LogP contribution in [0.15, 0.2) is 66.7 Å². The second kappa shape index (κ2) is 13.1. The van der Waals surface area contributed by atoms with E-state index in [1.165, 1.54) is 29.5 Å². The molecule has 0 amide bonds. The van der Waals surface area contributed by atoms with Crippen molar-refractivity contribution < 1.29 is 24.5 Å². The Balaban J connectivity index is 1.27. The van der Waals surface area contributed by atoms with E-state index in [0.29, 0.717) is 18.6 Å². The summed E-state index contributed by atoms with van der Waals surface area (Å²) in [4.78, 5) is 25.1. The van der Waals surface area contributed by atoms with Crippen molar-refractivity contribution in [3.63, 3.8) is 0 Å². The average molecular weight is 542 g/mol. The number of ether oxygens (including phenoxy) is 1. The van der Waals surface area contributed by atoms with Gasteiger partial charge in [0, 0.05) is 19.0 Å². The maximum Gasteiger partial charge on any atom is 0.335 e. The molecule has 40 heavy (non-hydrogen) atoms. The van der Waals surface area contributed by atoms with E-state index in [-0.39, 0.29) is 12.5 Å². The molecule has 1 saturated carbocycles. The highest BCUT2D eigenvalue weighted by Crippen LogP contribution is 2.40. The van der Waals surface area contributed by atoms with E-state index in [0.717, 1.165) is 68.0 Å². The molecule has 6 heteroatoms. The van der Waals surface area contributed by atoms with E-state index in [9.17, 15) is 14.7 Å². The van der Waals surface area contributed by atoms with Gasteiger partial charge in [0.05, 0.1) is 5.56 Å². The zero-order chi connectivity index (χ0) is 27.9. The maximum atomic E-state index is 11.5. The fourth-order valence-corrected chi connectivity index (χ4v) is 5.89. The number of aryl methyl sites for hydroxylation is 1. The van der Waals surface area contributed by atoms with E-state index in [2.05, 4.69) is 35.2 Å². The van der Waals surface area contributed by atoms with Gasteiger partial charge in [0.1, 0.15) is 12.4 Å². The van der Waals surface area contributed by atoms with Gasteiger partial charge >= 0.3 is 11.9 Å². The molecule has 0 bridgehead atoms. The quantitative estimate of drug-likeness (QED) is 0.213. The van der Waals surface area contributed by atoms with Gasteiger partial charge in [-0.05, 0) is 110 Å². The Labute approximate surface area is 236 Å². The van der Waals surface area contributed by atoms with Gasteiger partial charge in [-0.3, -0.25) is 9.69 Å². The van der Waals surface area contributed by atoms with Gasteiger partial charge in [-0.25, -0.2) is 4.79 Å². The third-order valence-electron chi connectivity index (χ3n) is 8.26. The summed E-state index contributed by atoms with van der Waals surface area (Å²) in [7, 11) is 0. The van der Waals surface area contributed by atoms with E-state index < -0.39 is 11.9 Å². The summed E-state index contributed by atoms with van der Waals surface area (Å²) in [5, 5.41) is 18.6. The second-order valence-electron chi connectivity index (χ2n) is 11.2. The van der Waals surface area contributed by atoms with Gasteiger partial charge < -0.3 is 14.9 Å². The van der Waals surface area contributed by atoms with Crippen molar-refractivity contribution in [2.75, 3.05) is 13.1 Å². The van der Waals surface area contributed by atoms with Crippen LogP contribution in [0.5, 0.6) is 5.75 Å². The number of fused-ring (bicyclic) bond motifs is 1. The van der Waals surface area contributed by atoms with E-state index in [1.807, 2.05) is 30.3 Å². The molecule has 6 nitrogen and oxygen atoms in total. The van der Waals surface area contributed by atoms with Crippen LogP contribution in [0.1, 0.15) is 95.1 Å². The minimum absolute atomic E-state index is 0.176. The highest BCUT2D eigenvalue weighted by atomic mass is 16.5. The van der Waals surface area contributed by atoms with Crippen molar-refractivity contribution in [1.29, 1.82) is 0 Å². The molecular weight excluding hydrogens is 502 g/mol. The number of para-hydroxylation sites is 1. The van der Waals surface area contributed by atoms with Crippen LogP contribution in [0.4, 0.5) is 0 Å². The van der Waals surface area contributed by atoms with Crippen molar-refractivity contribution >= 4 is 11.9 Å². The summed E-state index contributed by atoms with van der Waals surface area (Å²) in [5.74, 6) is -0.0113. The highest BCUT2D eigenvalue weighted by molar-refractivity contribution is 5.88. The lowest BCUT2D eigenvalue weighted by molar-refractivity contribution is -0.137. The Hall–Kier alpha value is -3.64. The van der Waals surface area contributed by atoms with Crippen LogP contribution in [0.2, 0.25) is 0 Å². The van der Waals surface area contributed by atoms with E-state index in [4.69, 9.17) is 9.84 Å².